The fraction of sp³-hybridized carbons (Fsp3) is 0.588. The van der Waals surface area contributed by atoms with E-state index in [9.17, 15) is 9.18 Å². The third-order valence-electron chi connectivity index (χ3n) is 4.03. The van der Waals surface area contributed by atoms with E-state index >= 15 is 0 Å². The van der Waals surface area contributed by atoms with Crippen molar-refractivity contribution in [3.8, 4) is 5.75 Å². The third kappa shape index (κ3) is 4.98. The Bertz CT molecular complexity index is 517. The highest BCUT2D eigenvalue weighted by Crippen LogP contribution is 2.19. The molecular weight excluding hydrogens is 283 g/mol. The van der Waals surface area contributed by atoms with Gasteiger partial charge in [-0.15, -0.1) is 0 Å². The SMILES string of the molecule is CCC(C)(C)NC(=O)C(C)N(C)Cc1ccc(OC)c(F)c1. The Morgan fingerprint density at radius 1 is 1.45 bits per heavy atom. The first-order valence-electron chi connectivity index (χ1n) is 7.55. The van der Waals surface area contributed by atoms with Gasteiger partial charge in [-0.1, -0.05) is 13.0 Å². The molecule has 1 aromatic carbocycles. The van der Waals surface area contributed by atoms with Gasteiger partial charge in [0.25, 0.3) is 0 Å². The van der Waals surface area contributed by atoms with E-state index in [0.717, 1.165) is 12.0 Å². The number of carbonyl (C=O) groups is 1. The zero-order valence-electron chi connectivity index (χ0n) is 14.4. The summed E-state index contributed by atoms with van der Waals surface area (Å²) in [5, 5.41) is 3.03. The number of carbonyl (C=O) groups excluding carboxylic acids is 1. The molecular formula is C17H27FN2O2. The van der Waals surface area contributed by atoms with E-state index in [4.69, 9.17) is 4.74 Å². The highest BCUT2D eigenvalue weighted by Gasteiger charge is 2.24. The number of methoxy groups -OCH3 is 1. The molecule has 5 heteroatoms. The van der Waals surface area contributed by atoms with Crippen LogP contribution in [0.25, 0.3) is 0 Å². The number of halogens is 1. The van der Waals surface area contributed by atoms with Crippen LogP contribution in [-0.4, -0.2) is 36.5 Å². The highest BCUT2D eigenvalue weighted by atomic mass is 19.1. The van der Waals surface area contributed by atoms with Crippen LogP contribution < -0.4 is 10.1 Å². The molecule has 1 N–H and O–H groups in total. The highest BCUT2D eigenvalue weighted by molar-refractivity contribution is 5.81. The maximum atomic E-state index is 13.7. The van der Waals surface area contributed by atoms with Crippen LogP contribution in [0, 0.1) is 5.82 Å². The smallest absolute Gasteiger partial charge is 0.237 e. The Kier molecular flexibility index (Phi) is 6.35. The second-order valence-electron chi connectivity index (χ2n) is 6.29. The molecule has 1 unspecified atom stereocenters. The van der Waals surface area contributed by atoms with E-state index in [1.807, 2.05) is 39.6 Å². The average Bonchev–Trinajstić information content (AvgIpc) is 2.46. The summed E-state index contributed by atoms with van der Waals surface area (Å²) in [5.74, 6) is -0.192. The van der Waals surface area contributed by atoms with Gasteiger partial charge >= 0.3 is 0 Å². The van der Waals surface area contributed by atoms with Gasteiger partial charge in [0.2, 0.25) is 5.91 Å². The number of benzene rings is 1. The molecule has 0 radical (unpaired) electrons. The first kappa shape index (κ1) is 18.4. The molecule has 0 aliphatic carbocycles. The molecule has 1 aromatic rings. The maximum Gasteiger partial charge on any atom is 0.237 e. The molecule has 0 aliphatic rings. The summed E-state index contributed by atoms with van der Waals surface area (Å²) in [6.45, 7) is 8.37. The lowest BCUT2D eigenvalue weighted by Crippen LogP contribution is -2.50. The minimum atomic E-state index is -0.391. The fourth-order valence-corrected chi connectivity index (χ4v) is 1.96. The Morgan fingerprint density at radius 3 is 2.59 bits per heavy atom. The second kappa shape index (κ2) is 7.58. The molecule has 4 nitrogen and oxygen atoms in total. The van der Waals surface area contributed by atoms with E-state index in [1.165, 1.54) is 13.2 Å². The van der Waals surface area contributed by atoms with Crippen molar-refractivity contribution in [2.75, 3.05) is 14.2 Å². The number of nitrogens with one attached hydrogen (secondary N) is 1. The molecule has 0 bridgehead atoms. The normalized spacial score (nSPS) is 13.1. The molecule has 0 aliphatic heterocycles. The maximum absolute atomic E-state index is 13.7. The van der Waals surface area contributed by atoms with Gasteiger partial charge in [-0.3, -0.25) is 9.69 Å². The van der Waals surface area contributed by atoms with Crippen LogP contribution in [0.15, 0.2) is 18.2 Å². The summed E-state index contributed by atoms with van der Waals surface area (Å²) in [4.78, 5) is 14.2. The van der Waals surface area contributed by atoms with Crippen molar-refractivity contribution in [2.45, 2.75) is 52.2 Å². The van der Waals surface area contributed by atoms with E-state index in [1.54, 1.807) is 12.1 Å². The van der Waals surface area contributed by atoms with Crippen LogP contribution in [0.4, 0.5) is 4.39 Å². The van der Waals surface area contributed by atoms with Gasteiger partial charge in [-0.25, -0.2) is 4.39 Å². The minimum Gasteiger partial charge on any atom is -0.494 e. The molecule has 0 spiro atoms. The van der Waals surface area contributed by atoms with E-state index in [2.05, 4.69) is 5.32 Å². The van der Waals surface area contributed by atoms with Crippen molar-refractivity contribution in [1.29, 1.82) is 0 Å². The third-order valence-corrected chi connectivity index (χ3v) is 4.03. The lowest BCUT2D eigenvalue weighted by molar-refractivity contribution is -0.127. The second-order valence-corrected chi connectivity index (χ2v) is 6.29. The Hall–Kier alpha value is -1.62. The molecule has 0 fully saturated rings. The van der Waals surface area contributed by atoms with Crippen LogP contribution in [0.1, 0.15) is 39.7 Å². The fourth-order valence-electron chi connectivity index (χ4n) is 1.96. The van der Waals surface area contributed by atoms with Crippen molar-refractivity contribution in [3.63, 3.8) is 0 Å². The number of hydrogen-bond donors (Lipinski definition) is 1. The van der Waals surface area contributed by atoms with Gasteiger partial charge in [0, 0.05) is 12.1 Å². The molecule has 0 saturated carbocycles. The van der Waals surface area contributed by atoms with Crippen molar-refractivity contribution in [1.82, 2.24) is 10.2 Å². The monoisotopic (exact) mass is 310 g/mol. The first-order valence-corrected chi connectivity index (χ1v) is 7.55. The van der Waals surface area contributed by atoms with Crippen LogP contribution in [0.3, 0.4) is 0 Å². The van der Waals surface area contributed by atoms with Gasteiger partial charge in [0.15, 0.2) is 11.6 Å². The van der Waals surface area contributed by atoms with Crippen LogP contribution in [0.2, 0.25) is 0 Å². The Labute approximate surface area is 132 Å². The lowest BCUT2D eigenvalue weighted by Gasteiger charge is -2.30. The van der Waals surface area contributed by atoms with E-state index in [0.29, 0.717) is 6.54 Å². The summed E-state index contributed by atoms with van der Waals surface area (Å²) < 4.78 is 18.6. The number of amides is 1. The largest absolute Gasteiger partial charge is 0.494 e. The van der Waals surface area contributed by atoms with E-state index < -0.39 is 5.82 Å². The first-order chi connectivity index (χ1) is 10.2. The summed E-state index contributed by atoms with van der Waals surface area (Å²) in [7, 11) is 3.29. The summed E-state index contributed by atoms with van der Waals surface area (Å²) in [6.07, 6.45) is 0.860. The lowest BCUT2D eigenvalue weighted by atomic mass is 10.0. The molecule has 0 heterocycles. The van der Waals surface area contributed by atoms with Gasteiger partial charge < -0.3 is 10.1 Å². The van der Waals surface area contributed by atoms with Crippen LogP contribution >= 0.6 is 0 Å². The van der Waals surface area contributed by atoms with Crippen molar-refractivity contribution < 1.29 is 13.9 Å². The molecule has 1 rings (SSSR count). The van der Waals surface area contributed by atoms with Gasteiger partial charge in [0.05, 0.1) is 13.2 Å². The topological polar surface area (TPSA) is 41.6 Å². The summed E-state index contributed by atoms with van der Waals surface area (Å²) in [6, 6.07) is 4.55. The Balaban J connectivity index is 2.69. The molecule has 0 saturated heterocycles. The average molecular weight is 310 g/mol. The van der Waals surface area contributed by atoms with Gasteiger partial charge in [-0.05, 0) is 51.9 Å². The molecule has 124 valence electrons. The quantitative estimate of drug-likeness (QED) is 0.842. The number of likely N-dealkylation sites (N-methyl/N-ethyl adjacent to an activating group) is 1. The zero-order valence-corrected chi connectivity index (χ0v) is 14.4. The number of rotatable bonds is 7. The predicted molar refractivity (Wildman–Crippen MR) is 86.4 cm³/mol. The van der Waals surface area contributed by atoms with Gasteiger partial charge in [-0.2, -0.15) is 0 Å². The minimum absolute atomic E-state index is 0.0247. The molecule has 22 heavy (non-hydrogen) atoms. The van der Waals surface area contributed by atoms with E-state index in [-0.39, 0.29) is 23.2 Å². The summed E-state index contributed by atoms with van der Waals surface area (Å²) >= 11 is 0. The van der Waals surface area contributed by atoms with Crippen LogP contribution in [0.5, 0.6) is 5.75 Å². The van der Waals surface area contributed by atoms with Crippen molar-refractivity contribution in [3.05, 3.63) is 29.6 Å². The number of hydrogen-bond acceptors (Lipinski definition) is 3. The molecule has 1 amide bonds. The van der Waals surface area contributed by atoms with Crippen molar-refractivity contribution >= 4 is 5.91 Å². The Morgan fingerprint density at radius 2 is 2.09 bits per heavy atom. The zero-order chi connectivity index (χ0) is 16.9. The number of ether oxygens (including phenoxy) is 1. The molecule has 0 aromatic heterocycles. The predicted octanol–water partition coefficient (Wildman–Crippen LogP) is 2.96. The number of nitrogens with zero attached hydrogens (tertiary/aromatic N) is 1. The molecule has 1 atom stereocenters. The standard InChI is InChI=1S/C17H27FN2O2/c1-7-17(3,4)19-16(21)12(2)20(5)11-13-8-9-15(22-6)14(18)10-13/h8-10,12H,7,11H2,1-6H3,(H,19,21). The summed E-state index contributed by atoms with van der Waals surface area (Å²) in [5.41, 5.74) is 0.577. The van der Waals surface area contributed by atoms with Gasteiger partial charge in [0.1, 0.15) is 0 Å². The van der Waals surface area contributed by atoms with Crippen LogP contribution in [-0.2, 0) is 11.3 Å². The van der Waals surface area contributed by atoms with Crippen molar-refractivity contribution in [2.24, 2.45) is 0 Å².